The summed E-state index contributed by atoms with van der Waals surface area (Å²) in [6.07, 6.45) is 12.5. The van der Waals surface area contributed by atoms with Crippen molar-refractivity contribution in [2.75, 3.05) is 6.54 Å². The molecule has 0 spiro atoms. The summed E-state index contributed by atoms with van der Waals surface area (Å²) in [4.78, 5) is 2.33. The molecule has 3 rings (SSSR count). The van der Waals surface area contributed by atoms with Crippen molar-refractivity contribution in [2.45, 2.75) is 130 Å². The van der Waals surface area contributed by atoms with E-state index < -0.39 is 8.32 Å². The van der Waals surface area contributed by atoms with E-state index in [-0.39, 0.29) is 7.05 Å². The summed E-state index contributed by atoms with van der Waals surface area (Å²) in [5.41, 5.74) is 0.484. The molecule has 3 aliphatic rings. The van der Waals surface area contributed by atoms with E-state index in [9.17, 15) is 5.02 Å². The van der Waals surface area contributed by atoms with Gasteiger partial charge in [0.2, 0.25) is 0 Å². The lowest BCUT2D eigenvalue weighted by Crippen LogP contribution is -2.48. The standard InChI is InChI=1S/C25H50BNO2Si/c1-7-30(8-2,9-3)29-24-13-10-18-25(5)22(16-17-23(24)25)20(4)12-11-19-27(26(6)28)21-14-15-21/h20-24,28H,7-19H2,1-6H3/t20-,22-,23+,24+,25-/m1/s1. The SMILES string of the molecule is CC[Si](CC)(CC)O[C@H]1CCC[C@]2(C)[C@@H]([C@H](C)CCCN(B(C)O)C3CC3)CC[C@@H]12. The van der Waals surface area contributed by atoms with Gasteiger partial charge in [-0.15, -0.1) is 0 Å². The van der Waals surface area contributed by atoms with E-state index in [1.165, 1.54) is 75.9 Å². The second-order valence-corrected chi connectivity index (χ2v) is 16.0. The molecular weight excluding hydrogens is 385 g/mol. The van der Waals surface area contributed by atoms with Gasteiger partial charge in [-0.1, -0.05) is 41.0 Å². The molecule has 3 fully saturated rings. The third-order valence-corrected chi connectivity index (χ3v) is 14.4. The smallest absolute Gasteiger partial charge is 0.376 e. The van der Waals surface area contributed by atoms with Gasteiger partial charge < -0.3 is 14.3 Å². The van der Waals surface area contributed by atoms with Crippen LogP contribution in [0.25, 0.3) is 0 Å². The summed E-state index contributed by atoms with van der Waals surface area (Å²) >= 11 is 0. The Balaban J connectivity index is 1.58. The maximum absolute atomic E-state index is 10.1. The topological polar surface area (TPSA) is 32.7 Å². The Morgan fingerprint density at radius 2 is 1.77 bits per heavy atom. The van der Waals surface area contributed by atoms with Crippen molar-refractivity contribution in [1.29, 1.82) is 0 Å². The van der Waals surface area contributed by atoms with E-state index in [0.717, 1.165) is 24.3 Å². The third-order valence-electron chi connectivity index (χ3n) is 9.73. The van der Waals surface area contributed by atoms with E-state index in [4.69, 9.17) is 4.43 Å². The minimum Gasteiger partial charge on any atom is -0.437 e. The van der Waals surface area contributed by atoms with Gasteiger partial charge in [-0.25, -0.2) is 0 Å². The van der Waals surface area contributed by atoms with Crippen LogP contribution in [0, 0.1) is 23.2 Å². The zero-order chi connectivity index (χ0) is 21.9. The number of nitrogens with zero attached hydrogens (tertiary/aromatic N) is 1. The summed E-state index contributed by atoms with van der Waals surface area (Å²) in [5.74, 6) is 2.44. The summed E-state index contributed by atoms with van der Waals surface area (Å²) in [6.45, 7) is 15.3. The molecule has 0 aromatic carbocycles. The van der Waals surface area contributed by atoms with Gasteiger partial charge in [0.05, 0.1) is 0 Å². The van der Waals surface area contributed by atoms with E-state index in [1.54, 1.807) is 0 Å². The molecule has 0 bridgehead atoms. The molecule has 3 aliphatic carbocycles. The maximum Gasteiger partial charge on any atom is 0.376 e. The molecule has 0 aliphatic heterocycles. The van der Waals surface area contributed by atoms with Crippen LogP contribution in [-0.4, -0.2) is 43.9 Å². The average molecular weight is 436 g/mol. The molecule has 5 heteroatoms. The fourth-order valence-corrected chi connectivity index (χ4v) is 10.4. The van der Waals surface area contributed by atoms with Gasteiger partial charge in [0.25, 0.3) is 0 Å². The van der Waals surface area contributed by atoms with Crippen molar-refractivity contribution in [3.8, 4) is 0 Å². The van der Waals surface area contributed by atoms with E-state index in [0.29, 0.717) is 17.6 Å². The molecule has 3 saturated carbocycles. The number of fused-ring (bicyclic) bond motifs is 1. The lowest BCUT2D eigenvalue weighted by molar-refractivity contribution is -0.0204. The van der Waals surface area contributed by atoms with Crippen LogP contribution in [0.4, 0.5) is 0 Å². The Kier molecular flexibility index (Phi) is 8.59. The van der Waals surface area contributed by atoms with Crippen LogP contribution >= 0.6 is 0 Å². The molecule has 0 heterocycles. The predicted molar refractivity (Wildman–Crippen MR) is 132 cm³/mol. The quantitative estimate of drug-likeness (QED) is 0.351. The summed E-state index contributed by atoms with van der Waals surface area (Å²) in [5, 5.41) is 10.1. The Labute approximate surface area is 189 Å². The lowest BCUT2D eigenvalue weighted by atomic mass is 9.61. The van der Waals surface area contributed by atoms with Crippen molar-refractivity contribution in [2.24, 2.45) is 23.2 Å². The normalized spacial score (nSPS) is 33.0. The van der Waals surface area contributed by atoms with Crippen LogP contribution < -0.4 is 0 Å². The van der Waals surface area contributed by atoms with Gasteiger partial charge in [0.15, 0.2) is 8.32 Å². The first-order valence-electron chi connectivity index (χ1n) is 13.4. The fraction of sp³-hybridized carbons (Fsp3) is 1.00. The molecule has 0 aromatic rings. The number of rotatable bonds is 12. The first-order chi connectivity index (χ1) is 14.3. The summed E-state index contributed by atoms with van der Waals surface area (Å²) in [7, 11) is -1.81. The molecule has 0 unspecified atom stereocenters. The van der Waals surface area contributed by atoms with Crippen LogP contribution in [0.3, 0.4) is 0 Å². The van der Waals surface area contributed by atoms with E-state index >= 15 is 0 Å². The second-order valence-electron chi connectivity index (χ2n) is 11.3. The number of hydrogen-bond donors (Lipinski definition) is 1. The Morgan fingerprint density at radius 1 is 1.10 bits per heavy atom. The van der Waals surface area contributed by atoms with E-state index in [2.05, 4.69) is 39.4 Å². The summed E-state index contributed by atoms with van der Waals surface area (Å²) in [6, 6.07) is 4.49. The number of hydrogen-bond acceptors (Lipinski definition) is 3. The zero-order valence-electron chi connectivity index (χ0n) is 21.0. The first kappa shape index (κ1) is 24.8. The van der Waals surface area contributed by atoms with Crippen LogP contribution in [0.5, 0.6) is 0 Å². The second kappa shape index (κ2) is 10.4. The minimum atomic E-state index is -1.53. The highest BCUT2D eigenvalue weighted by Crippen LogP contribution is 2.59. The van der Waals surface area contributed by atoms with Crippen LogP contribution in [0.15, 0.2) is 0 Å². The highest BCUT2D eigenvalue weighted by Gasteiger charge is 2.53. The van der Waals surface area contributed by atoms with Crippen LogP contribution in [-0.2, 0) is 4.43 Å². The van der Waals surface area contributed by atoms with Crippen molar-refractivity contribution >= 4 is 15.4 Å². The third kappa shape index (κ3) is 5.21. The van der Waals surface area contributed by atoms with Crippen LogP contribution in [0.2, 0.25) is 25.0 Å². The van der Waals surface area contributed by atoms with Gasteiger partial charge in [-0.3, -0.25) is 0 Å². The van der Waals surface area contributed by atoms with Crippen molar-refractivity contribution in [1.82, 2.24) is 4.81 Å². The molecule has 0 saturated heterocycles. The Hall–Kier alpha value is 0.162. The van der Waals surface area contributed by atoms with Crippen LogP contribution in [0.1, 0.15) is 92.4 Å². The van der Waals surface area contributed by atoms with E-state index in [1.807, 2.05) is 6.82 Å². The molecule has 174 valence electrons. The zero-order valence-corrected chi connectivity index (χ0v) is 22.0. The molecule has 30 heavy (non-hydrogen) atoms. The molecule has 0 aromatic heterocycles. The highest BCUT2D eigenvalue weighted by molar-refractivity contribution is 6.73. The molecule has 0 radical (unpaired) electrons. The molecular formula is C25H50BNO2Si. The fourth-order valence-electron chi connectivity index (χ4n) is 7.43. The van der Waals surface area contributed by atoms with Crippen molar-refractivity contribution in [3.05, 3.63) is 0 Å². The van der Waals surface area contributed by atoms with Gasteiger partial charge in [0, 0.05) is 12.1 Å². The predicted octanol–water partition coefficient (Wildman–Crippen LogP) is 6.58. The lowest BCUT2D eigenvalue weighted by Gasteiger charge is -2.49. The van der Waals surface area contributed by atoms with Gasteiger partial charge >= 0.3 is 7.05 Å². The molecule has 5 atom stereocenters. The summed E-state index contributed by atoms with van der Waals surface area (Å²) < 4.78 is 7.11. The van der Waals surface area contributed by atoms with Gasteiger partial charge in [0.1, 0.15) is 0 Å². The van der Waals surface area contributed by atoms with Gasteiger partial charge in [-0.2, -0.15) is 0 Å². The monoisotopic (exact) mass is 435 g/mol. The maximum atomic E-state index is 10.1. The van der Waals surface area contributed by atoms with Gasteiger partial charge in [-0.05, 0) is 106 Å². The van der Waals surface area contributed by atoms with Crippen molar-refractivity contribution in [3.63, 3.8) is 0 Å². The highest BCUT2D eigenvalue weighted by atomic mass is 28.4. The molecule has 3 nitrogen and oxygen atoms in total. The minimum absolute atomic E-state index is 0.280. The molecule has 1 N–H and O–H groups in total. The Morgan fingerprint density at radius 3 is 2.33 bits per heavy atom. The molecule has 0 amide bonds. The largest absolute Gasteiger partial charge is 0.437 e. The average Bonchev–Trinajstić information content (AvgIpc) is 3.49. The first-order valence-corrected chi connectivity index (χ1v) is 15.9. The van der Waals surface area contributed by atoms with Crippen molar-refractivity contribution < 1.29 is 9.45 Å². The Bertz CT molecular complexity index is 529.